The molecule has 0 aromatic carbocycles. The largest absolute Gasteiger partial charge is 0.479 e. The van der Waals surface area contributed by atoms with E-state index in [-0.39, 0.29) is 65.8 Å². The van der Waals surface area contributed by atoms with E-state index in [0.717, 1.165) is 0 Å². The lowest BCUT2D eigenvalue weighted by atomic mass is 9.81. The molecule has 224 valence electrons. The Morgan fingerprint density at radius 3 is 2.10 bits per heavy atom. The maximum absolute atomic E-state index is 13.6. The Labute approximate surface area is 238 Å². The molecule has 1 aliphatic carbocycles. The van der Waals surface area contributed by atoms with Crippen molar-refractivity contribution >= 4 is 27.6 Å². The fourth-order valence-electron chi connectivity index (χ4n) is 4.72. The smallest absolute Gasteiger partial charge is 0.391 e. The van der Waals surface area contributed by atoms with Crippen LogP contribution in [0.25, 0.3) is 5.69 Å². The van der Waals surface area contributed by atoms with Crippen molar-refractivity contribution in [1.29, 1.82) is 0 Å². The zero-order valence-corrected chi connectivity index (χ0v) is 24.0. The van der Waals surface area contributed by atoms with Crippen LogP contribution in [0.1, 0.15) is 56.3 Å². The summed E-state index contributed by atoms with van der Waals surface area (Å²) in [5.41, 5.74) is 0.0742. The summed E-state index contributed by atoms with van der Waals surface area (Å²) in [4.78, 5) is 16.3. The maximum atomic E-state index is 13.6. The van der Waals surface area contributed by atoms with Crippen molar-refractivity contribution in [2.75, 3.05) is 26.1 Å². The number of nitrogens with zero attached hydrogens (tertiary/aromatic N) is 7. The minimum absolute atomic E-state index is 0.000272. The van der Waals surface area contributed by atoms with Crippen LogP contribution in [0.3, 0.4) is 0 Å². The Morgan fingerprint density at radius 2 is 1.59 bits per heavy atom. The van der Waals surface area contributed by atoms with Crippen molar-refractivity contribution in [3.05, 3.63) is 35.4 Å². The van der Waals surface area contributed by atoms with E-state index < -0.39 is 39.4 Å². The van der Waals surface area contributed by atoms with Gasteiger partial charge in [-0.3, -0.25) is 9.29 Å². The zero-order valence-electron chi connectivity index (χ0n) is 22.5. The lowest BCUT2D eigenvalue weighted by Crippen LogP contribution is -2.33. The predicted molar refractivity (Wildman–Crippen MR) is 140 cm³/mol. The number of hydrogen-bond acceptors (Lipinski definition) is 11. The van der Waals surface area contributed by atoms with E-state index in [4.69, 9.17) is 25.8 Å². The van der Waals surface area contributed by atoms with Crippen LogP contribution in [0.5, 0.6) is 11.8 Å². The third kappa shape index (κ3) is 6.46. The average molecular weight is 621 g/mol. The summed E-state index contributed by atoms with van der Waals surface area (Å²) in [6.45, 7) is 1.39. The molecule has 0 amide bonds. The SMILES string of the molecule is COc1ncnc(OC)c1-n1c(NS(=O)(=O)[C@@H](C)[C@H](OC)c2ncc(Cl)cn2)nnc1[C@H]1CC[C@@H](C(F)(F)F)CC1. The molecule has 1 fully saturated rings. The van der Waals surface area contributed by atoms with Gasteiger partial charge >= 0.3 is 6.18 Å². The third-order valence-electron chi connectivity index (χ3n) is 6.91. The Morgan fingerprint density at radius 1 is 1.00 bits per heavy atom. The number of aromatic nitrogens is 7. The van der Waals surface area contributed by atoms with E-state index in [0.29, 0.717) is 0 Å². The number of methoxy groups -OCH3 is 3. The van der Waals surface area contributed by atoms with E-state index >= 15 is 0 Å². The molecule has 0 saturated heterocycles. The summed E-state index contributed by atoms with van der Waals surface area (Å²) in [6, 6.07) is 0. The molecule has 1 N–H and O–H groups in total. The quantitative estimate of drug-likeness (QED) is 0.351. The first-order valence-corrected chi connectivity index (χ1v) is 14.3. The summed E-state index contributed by atoms with van der Waals surface area (Å²) >= 11 is 5.86. The molecule has 18 heteroatoms. The normalized spacial score (nSPS) is 19.4. The molecule has 0 aliphatic heterocycles. The number of halogens is 4. The van der Waals surface area contributed by atoms with Gasteiger partial charge in [0.2, 0.25) is 27.7 Å². The number of alkyl halides is 3. The second-order valence-electron chi connectivity index (χ2n) is 9.32. The highest BCUT2D eigenvalue weighted by molar-refractivity contribution is 7.93. The zero-order chi connectivity index (χ0) is 29.9. The van der Waals surface area contributed by atoms with Crippen molar-refractivity contribution in [3.8, 4) is 17.4 Å². The van der Waals surface area contributed by atoms with E-state index in [1.807, 2.05) is 0 Å². The standard InChI is InChI=1S/C23H28ClF3N8O5S/c1-12(17(38-2)18-28-9-15(24)10-29-18)41(36,37)34-22-33-32-19(13-5-7-14(8-6-13)23(25,26)27)35(22)16-20(39-3)30-11-31-21(16)40-4/h9-14,17H,5-8H2,1-4H3,(H,33,34)/t12-,13-,14+,17-/m0/s1. The number of sulfonamides is 1. The summed E-state index contributed by atoms with van der Waals surface area (Å²) in [7, 11) is -0.295. The molecular formula is C23H28ClF3N8O5S. The highest BCUT2D eigenvalue weighted by atomic mass is 35.5. The van der Waals surface area contributed by atoms with Crippen LogP contribution < -0.4 is 14.2 Å². The van der Waals surface area contributed by atoms with Crippen molar-refractivity contribution in [2.45, 2.75) is 56.1 Å². The van der Waals surface area contributed by atoms with Gasteiger partial charge in [-0.05, 0) is 32.6 Å². The van der Waals surface area contributed by atoms with Crippen molar-refractivity contribution in [1.82, 2.24) is 34.7 Å². The van der Waals surface area contributed by atoms with Crippen molar-refractivity contribution in [3.63, 3.8) is 0 Å². The van der Waals surface area contributed by atoms with Gasteiger partial charge in [0.1, 0.15) is 23.5 Å². The van der Waals surface area contributed by atoms with Crippen molar-refractivity contribution in [2.24, 2.45) is 5.92 Å². The summed E-state index contributed by atoms with van der Waals surface area (Å²) in [5, 5.41) is 7.28. The Hall–Kier alpha value is -3.31. The van der Waals surface area contributed by atoms with Gasteiger partial charge in [0.15, 0.2) is 11.5 Å². The molecule has 3 aromatic rings. The van der Waals surface area contributed by atoms with Crippen LogP contribution >= 0.6 is 11.6 Å². The maximum Gasteiger partial charge on any atom is 0.391 e. The fourth-order valence-corrected chi connectivity index (χ4v) is 5.95. The molecule has 4 rings (SSSR count). The van der Waals surface area contributed by atoms with Gasteiger partial charge in [0.05, 0.1) is 25.2 Å². The van der Waals surface area contributed by atoms with E-state index in [2.05, 4.69) is 34.9 Å². The van der Waals surface area contributed by atoms with Gasteiger partial charge in [-0.25, -0.2) is 18.4 Å². The van der Waals surface area contributed by atoms with E-state index in [1.165, 1.54) is 51.5 Å². The molecule has 0 bridgehead atoms. The molecule has 0 unspecified atom stereocenters. The summed E-state index contributed by atoms with van der Waals surface area (Å²) < 4.78 is 87.1. The van der Waals surface area contributed by atoms with Crippen LogP contribution in [0.4, 0.5) is 19.1 Å². The van der Waals surface area contributed by atoms with Crippen LogP contribution in [0, 0.1) is 5.92 Å². The molecule has 13 nitrogen and oxygen atoms in total. The molecule has 0 spiro atoms. The summed E-state index contributed by atoms with van der Waals surface area (Å²) in [6.07, 6.45) is -1.54. The van der Waals surface area contributed by atoms with Gasteiger partial charge in [-0.15, -0.1) is 10.2 Å². The van der Waals surface area contributed by atoms with E-state index in [9.17, 15) is 21.6 Å². The number of nitrogens with one attached hydrogen (secondary N) is 1. The van der Waals surface area contributed by atoms with Crippen molar-refractivity contribution < 1.29 is 35.8 Å². The lowest BCUT2D eigenvalue weighted by molar-refractivity contribution is -0.182. The Bertz CT molecular complexity index is 1430. The molecule has 2 atom stereocenters. The van der Waals surface area contributed by atoms with E-state index in [1.54, 1.807) is 0 Å². The fraction of sp³-hybridized carbons (Fsp3) is 0.565. The highest BCUT2D eigenvalue weighted by Gasteiger charge is 2.43. The van der Waals surface area contributed by atoms with Crippen LogP contribution in [-0.4, -0.2) is 75.9 Å². The first kappa shape index (κ1) is 30.6. The van der Waals surface area contributed by atoms with Gasteiger partial charge in [0, 0.05) is 25.4 Å². The first-order chi connectivity index (χ1) is 19.4. The Kier molecular flexibility index (Phi) is 9.18. The van der Waals surface area contributed by atoms with Gasteiger partial charge in [0.25, 0.3) is 0 Å². The average Bonchev–Trinajstić information content (AvgIpc) is 3.35. The van der Waals surface area contributed by atoms with Crippen LogP contribution in [0.15, 0.2) is 18.7 Å². The topological polar surface area (TPSA) is 156 Å². The third-order valence-corrected chi connectivity index (χ3v) is 8.80. The van der Waals surface area contributed by atoms with Gasteiger partial charge in [-0.1, -0.05) is 11.6 Å². The Balaban J connectivity index is 1.76. The molecule has 1 saturated carbocycles. The van der Waals surface area contributed by atoms with Crippen LogP contribution in [-0.2, 0) is 14.8 Å². The highest BCUT2D eigenvalue weighted by Crippen LogP contribution is 2.44. The molecule has 1 aliphatic rings. The minimum Gasteiger partial charge on any atom is -0.479 e. The molecular weight excluding hydrogens is 593 g/mol. The second kappa shape index (κ2) is 12.3. The monoisotopic (exact) mass is 620 g/mol. The molecule has 3 heterocycles. The second-order valence-corrected chi connectivity index (χ2v) is 11.8. The van der Waals surface area contributed by atoms with Crippen LogP contribution in [0.2, 0.25) is 5.02 Å². The number of ether oxygens (including phenoxy) is 3. The van der Waals surface area contributed by atoms with Gasteiger partial charge < -0.3 is 14.2 Å². The number of hydrogen-bond donors (Lipinski definition) is 1. The summed E-state index contributed by atoms with van der Waals surface area (Å²) in [5.74, 6) is -1.91. The molecule has 0 radical (unpaired) electrons. The predicted octanol–water partition coefficient (Wildman–Crippen LogP) is 3.87. The lowest BCUT2D eigenvalue weighted by Gasteiger charge is -2.29. The number of anilines is 1. The minimum atomic E-state index is -4.30. The van der Waals surface area contributed by atoms with Gasteiger partial charge in [-0.2, -0.15) is 23.1 Å². The molecule has 41 heavy (non-hydrogen) atoms. The first-order valence-electron chi connectivity index (χ1n) is 12.4. The number of rotatable bonds is 10. The molecule has 3 aromatic heterocycles.